The van der Waals surface area contributed by atoms with E-state index in [1.807, 2.05) is 0 Å². The van der Waals surface area contributed by atoms with E-state index in [0.29, 0.717) is 0 Å². The number of ether oxygens (including phenoxy) is 1. The highest BCUT2D eigenvalue weighted by Crippen LogP contribution is 2.23. The van der Waals surface area contributed by atoms with E-state index in [4.69, 9.17) is 20.5 Å². The molecule has 1 saturated heterocycles. The van der Waals surface area contributed by atoms with Crippen LogP contribution in [-0.2, 0) is 9.53 Å². The van der Waals surface area contributed by atoms with E-state index >= 15 is 0 Å². The van der Waals surface area contributed by atoms with Crippen LogP contribution in [0.15, 0.2) is 5.11 Å². The molecule has 0 aromatic carbocycles. The molecule has 0 bridgehead atoms. The van der Waals surface area contributed by atoms with Gasteiger partial charge in [-0.05, 0) is 5.53 Å². The molecule has 1 fully saturated rings. The number of carboxylic acids is 1. The summed E-state index contributed by atoms with van der Waals surface area (Å²) in [6.07, 6.45) is -5.91. The second-order valence-corrected chi connectivity index (χ2v) is 3.29. The van der Waals surface area contributed by atoms with Gasteiger partial charge < -0.3 is 25.2 Å². The van der Waals surface area contributed by atoms with Gasteiger partial charge in [0.25, 0.3) is 0 Å². The van der Waals surface area contributed by atoms with Gasteiger partial charge in [0.15, 0.2) is 6.10 Å². The zero-order valence-corrected chi connectivity index (χ0v) is 8.04. The van der Waals surface area contributed by atoms with E-state index in [1.54, 1.807) is 0 Å². The molecule has 1 heterocycles. The first-order chi connectivity index (χ1) is 7.52. The first-order valence-corrected chi connectivity index (χ1v) is 4.42. The highest BCUT2D eigenvalue weighted by molar-refractivity contribution is 5.73. The molecule has 0 amide bonds. The van der Waals surface area contributed by atoms with Crippen LogP contribution in [0.4, 0.5) is 0 Å². The molecule has 1 rings (SSSR count). The number of carboxylic acid groups (broad SMARTS) is 1. The lowest BCUT2D eigenvalue weighted by Gasteiger charge is -2.38. The Bertz CT molecular complexity index is 317. The number of carbonyl (C=O) groups is 1. The normalized spacial score (nSPS) is 38.8. The Labute approximate surface area is 89.5 Å². The van der Waals surface area contributed by atoms with Gasteiger partial charge in [0.2, 0.25) is 0 Å². The minimum atomic E-state index is -1.59. The summed E-state index contributed by atoms with van der Waals surface area (Å²) in [4.78, 5) is 13.1. The number of nitrogens with zero attached hydrogens (tertiary/aromatic N) is 3. The molecule has 16 heavy (non-hydrogen) atoms. The van der Waals surface area contributed by atoms with Crippen LogP contribution in [0.1, 0.15) is 0 Å². The van der Waals surface area contributed by atoms with Crippen molar-refractivity contribution in [1.29, 1.82) is 0 Å². The number of hydrogen-bond donors (Lipinski definition) is 4. The van der Waals surface area contributed by atoms with Gasteiger partial charge >= 0.3 is 5.97 Å². The van der Waals surface area contributed by atoms with Crippen LogP contribution in [0, 0.1) is 0 Å². The van der Waals surface area contributed by atoms with Gasteiger partial charge in [0.1, 0.15) is 18.2 Å². The fraction of sp³-hybridized carbons (Fsp3) is 0.857. The molecule has 1 aliphatic heterocycles. The van der Waals surface area contributed by atoms with Gasteiger partial charge in [0.05, 0.1) is 12.7 Å². The third-order valence-corrected chi connectivity index (χ3v) is 2.32. The quantitative estimate of drug-likeness (QED) is 0.257. The van der Waals surface area contributed by atoms with Crippen molar-refractivity contribution in [3.8, 4) is 0 Å². The average Bonchev–Trinajstić information content (AvgIpc) is 2.25. The molecule has 5 atom stereocenters. The zero-order valence-electron chi connectivity index (χ0n) is 8.04. The monoisotopic (exact) mass is 233 g/mol. The Kier molecular flexibility index (Phi) is 4.05. The van der Waals surface area contributed by atoms with Gasteiger partial charge in [-0.1, -0.05) is 5.11 Å². The predicted molar refractivity (Wildman–Crippen MR) is 48.3 cm³/mol. The summed E-state index contributed by atoms with van der Waals surface area (Å²) in [7, 11) is 0. The van der Waals surface area contributed by atoms with E-state index in [1.165, 1.54) is 0 Å². The second kappa shape index (κ2) is 5.10. The van der Waals surface area contributed by atoms with Crippen molar-refractivity contribution in [2.45, 2.75) is 30.5 Å². The highest BCUT2D eigenvalue weighted by atomic mass is 16.5. The van der Waals surface area contributed by atoms with Gasteiger partial charge in [-0.25, -0.2) is 4.79 Å². The summed E-state index contributed by atoms with van der Waals surface area (Å²) in [5, 5.41) is 39.6. The van der Waals surface area contributed by atoms with Crippen molar-refractivity contribution >= 4 is 5.97 Å². The van der Waals surface area contributed by atoms with Crippen LogP contribution in [0.3, 0.4) is 0 Å². The number of azide groups is 1. The first-order valence-electron chi connectivity index (χ1n) is 4.42. The maximum Gasteiger partial charge on any atom is 0.333 e. The summed E-state index contributed by atoms with van der Waals surface area (Å²) in [6, 6.07) is -1.43. The van der Waals surface area contributed by atoms with Crippen molar-refractivity contribution in [2.75, 3.05) is 6.61 Å². The Morgan fingerprint density at radius 1 is 1.44 bits per heavy atom. The van der Waals surface area contributed by atoms with E-state index in [2.05, 4.69) is 10.0 Å². The van der Waals surface area contributed by atoms with Crippen molar-refractivity contribution in [1.82, 2.24) is 0 Å². The lowest BCUT2D eigenvalue weighted by Crippen LogP contribution is -2.59. The third kappa shape index (κ3) is 2.23. The molecule has 0 aromatic rings. The summed E-state index contributed by atoms with van der Waals surface area (Å²) < 4.78 is 4.82. The van der Waals surface area contributed by atoms with Gasteiger partial charge in [-0.3, -0.25) is 0 Å². The van der Waals surface area contributed by atoms with Gasteiger partial charge in [0, 0.05) is 4.91 Å². The maximum atomic E-state index is 10.8. The summed E-state index contributed by atoms with van der Waals surface area (Å²) in [5.74, 6) is -1.44. The van der Waals surface area contributed by atoms with Crippen molar-refractivity contribution in [3.63, 3.8) is 0 Å². The van der Waals surface area contributed by atoms with E-state index in [0.717, 1.165) is 0 Å². The summed E-state index contributed by atoms with van der Waals surface area (Å²) in [5.41, 5.74) is 8.21. The molecule has 1 aliphatic rings. The summed E-state index contributed by atoms with van der Waals surface area (Å²) >= 11 is 0. The number of aliphatic hydroxyl groups is 3. The fourth-order valence-corrected chi connectivity index (χ4v) is 1.49. The van der Waals surface area contributed by atoms with Crippen molar-refractivity contribution < 1.29 is 30.0 Å². The minimum absolute atomic E-state index is 0.648. The molecular weight excluding hydrogens is 222 g/mol. The number of aliphatic carboxylic acids is 1. The van der Waals surface area contributed by atoms with Gasteiger partial charge in [-0.15, -0.1) is 0 Å². The largest absolute Gasteiger partial charge is 0.479 e. The molecule has 0 spiro atoms. The topological polar surface area (TPSA) is 156 Å². The standard InChI is InChI=1S/C7H11N3O6/c8-10-9-3-5(13)4(12)2(1-11)16-6(3)7(14)15/h2-6,11-13H,1H2,(H,14,15)/t2?,3?,4-,5-,6-/m1/s1. The molecule has 9 heteroatoms. The van der Waals surface area contributed by atoms with E-state index in [9.17, 15) is 15.0 Å². The average molecular weight is 233 g/mol. The SMILES string of the molecule is [N-]=[N+]=NC1[C@@H](O)[C@H](O)C(CO)O[C@H]1C(=O)O. The molecule has 0 aromatic heterocycles. The lowest BCUT2D eigenvalue weighted by atomic mass is 9.93. The highest BCUT2D eigenvalue weighted by Gasteiger charge is 2.46. The Hall–Kier alpha value is -1.38. The number of hydrogen-bond acceptors (Lipinski definition) is 6. The third-order valence-electron chi connectivity index (χ3n) is 2.32. The predicted octanol–water partition coefficient (Wildman–Crippen LogP) is -1.77. The van der Waals surface area contributed by atoms with Crippen molar-refractivity contribution in [3.05, 3.63) is 10.4 Å². The molecule has 4 N–H and O–H groups in total. The molecule has 0 aliphatic carbocycles. The van der Waals surface area contributed by atoms with Crippen LogP contribution in [-0.4, -0.2) is 63.5 Å². The smallest absolute Gasteiger partial charge is 0.333 e. The van der Waals surface area contributed by atoms with Crippen LogP contribution < -0.4 is 0 Å². The molecule has 9 nitrogen and oxygen atoms in total. The van der Waals surface area contributed by atoms with E-state index in [-0.39, 0.29) is 0 Å². The van der Waals surface area contributed by atoms with Crippen LogP contribution in [0.2, 0.25) is 0 Å². The van der Waals surface area contributed by atoms with E-state index < -0.39 is 43.0 Å². The second-order valence-electron chi connectivity index (χ2n) is 3.29. The molecule has 0 saturated carbocycles. The Balaban J connectivity index is 2.96. The fourth-order valence-electron chi connectivity index (χ4n) is 1.49. The Morgan fingerprint density at radius 2 is 2.06 bits per heavy atom. The van der Waals surface area contributed by atoms with Crippen LogP contribution in [0.25, 0.3) is 10.4 Å². The molecule has 0 radical (unpaired) electrons. The number of aliphatic hydroxyl groups excluding tert-OH is 3. The maximum absolute atomic E-state index is 10.8. The van der Waals surface area contributed by atoms with Crippen LogP contribution >= 0.6 is 0 Å². The van der Waals surface area contributed by atoms with Gasteiger partial charge in [-0.2, -0.15) is 0 Å². The lowest BCUT2D eigenvalue weighted by molar-refractivity contribution is -0.202. The number of rotatable bonds is 3. The Morgan fingerprint density at radius 3 is 2.50 bits per heavy atom. The first kappa shape index (κ1) is 12.7. The summed E-state index contributed by atoms with van der Waals surface area (Å²) in [6.45, 7) is -0.648. The molecular formula is C7H11N3O6. The molecule has 2 unspecified atom stereocenters. The minimum Gasteiger partial charge on any atom is -0.479 e. The molecule has 90 valence electrons. The van der Waals surface area contributed by atoms with Crippen molar-refractivity contribution in [2.24, 2.45) is 5.11 Å². The zero-order chi connectivity index (χ0) is 12.3. The van der Waals surface area contributed by atoms with Crippen LogP contribution in [0.5, 0.6) is 0 Å².